The van der Waals surface area contributed by atoms with Crippen LogP contribution in [0.4, 0.5) is 18.0 Å². The molecule has 2 unspecified atom stereocenters. The summed E-state index contributed by atoms with van der Waals surface area (Å²) in [4.78, 5) is 51.5. The van der Waals surface area contributed by atoms with Crippen LogP contribution < -0.4 is 16.0 Å². The van der Waals surface area contributed by atoms with Crippen molar-refractivity contribution in [2.45, 2.75) is 71.7 Å². The molecule has 0 saturated carbocycles. The molecule has 0 aromatic heterocycles. The molecule has 0 bridgehead atoms. The van der Waals surface area contributed by atoms with Crippen molar-refractivity contribution < 1.29 is 46.6 Å². The van der Waals surface area contributed by atoms with Crippen LogP contribution in [-0.2, 0) is 34.8 Å². The molecule has 0 fully saturated rings. The fraction of sp³-hybridized carbons (Fsp3) is 0.533. The molecule has 2 atom stereocenters. The zero-order valence-corrected chi connectivity index (χ0v) is 26.7. The Morgan fingerprint density at radius 1 is 1.00 bits per heavy atom. The number of esters is 2. The van der Waals surface area contributed by atoms with E-state index in [1.807, 2.05) is 6.26 Å². The number of dihydropyridines is 1. The fourth-order valence-electron chi connectivity index (χ4n) is 4.54. The molecule has 44 heavy (non-hydrogen) atoms. The normalized spacial score (nSPS) is 16.1. The van der Waals surface area contributed by atoms with E-state index < -0.39 is 53.2 Å². The standard InChI is InChI=1S/C30H40F3N3O7S/c1-8-41-26(38)22-17(2)35-18(3)23(24(22)19-11-9-10-12-20(19)30(31,32)33)27(39)42-15-14-34-25(37)21(13-16-44-7)36-28(40)43-29(4,5)6/h9-12,21,24,35H,8,13-16H2,1-7H3,(H,34,37)(H,36,40). The minimum absolute atomic E-state index is 0.0356. The molecule has 1 aromatic carbocycles. The lowest BCUT2D eigenvalue weighted by atomic mass is 9.78. The van der Waals surface area contributed by atoms with Crippen molar-refractivity contribution in [1.29, 1.82) is 0 Å². The van der Waals surface area contributed by atoms with Crippen LogP contribution in [0.1, 0.15) is 65.0 Å². The summed E-state index contributed by atoms with van der Waals surface area (Å²) in [6.07, 6.45) is -3.37. The summed E-state index contributed by atoms with van der Waals surface area (Å²) in [5, 5.41) is 8.02. The fourth-order valence-corrected chi connectivity index (χ4v) is 5.01. The number of alkyl carbamates (subject to hydrolysis) is 1. The van der Waals surface area contributed by atoms with E-state index in [1.54, 1.807) is 27.7 Å². The minimum atomic E-state index is -4.78. The maximum Gasteiger partial charge on any atom is 0.416 e. The maximum absolute atomic E-state index is 14.1. The molecule has 1 aliphatic heterocycles. The van der Waals surface area contributed by atoms with Crippen LogP contribution >= 0.6 is 11.8 Å². The van der Waals surface area contributed by atoms with Gasteiger partial charge in [-0.25, -0.2) is 14.4 Å². The molecule has 2 rings (SSSR count). The molecule has 0 radical (unpaired) electrons. The number of alkyl halides is 3. The van der Waals surface area contributed by atoms with E-state index in [0.29, 0.717) is 12.2 Å². The van der Waals surface area contributed by atoms with E-state index in [2.05, 4.69) is 16.0 Å². The highest BCUT2D eigenvalue weighted by molar-refractivity contribution is 7.98. The van der Waals surface area contributed by atoms with Gasteiger partial charge in [0.1, 0.15) is 18.2 Å². The number of allylic oxidation sites excluding steroid dienone is 2. The van der Waals surface area contributed by atoms with Crippen molar-refractivity contribution in [1.82, 2.24) is 16.0 Å². The van der Waals surface area contributed by atoms with Crippen molar-refractivity contribution >= 4 is 35.7 Å². The highest BCUT2D eigenvalue weighted by Gasteiger charge is 2.43. The van der Waals surface area contributed by atoms with Crippen molar-refractivity contribution in [2.24, 2.45) is 0 Å². The minimum Gasteiger partial charge on any atom is -0.463 e. The van der Waals surface area contributed by atoms with Crippen molar-refractivity contribution in [3.05, 3.63) is 57.9 Å². The van der Waals surface area contributed by atoms with Crippen LogP contribution in [0.25, 0.3) is 0 Å². The highest BCUT2D eigenvalue weighted by Crippen LogP contribution is 2.44. The molecule has 2 amide bonds. The average Bonchev–Trinajstić information content (AvgIpc) is 2.91. The monoisotopic (exact) mass is 643 g/mol. The summed E-state index contributed by atoms with van der Waals surface area (Å²) < 4.78 is 58.0. The Morgan fingerprint density at radius 2 is 1.59 bits per heavy atom. The molecule has 0 aliphatic carbocycles. The van der Waals surface area contributed by atoms with Crippen molar-refractivity contribution in [3.8, 4) is 0 Å². The molecule has 0 saturated heterocycles. The quantitative estimate of drug-likeness (QED) is 0.167. The Kier molecular flexibility index (Phi) is 13.2. The van der Waals surface area contributed by atoms with Crippen LogP contribution in [0.15, 0.2) is 46.8 Å². The summed E-state index contributed by atoms with van der Waals surface area (Å²) in [5.74, 6) is -3.26. The smallest absolute Gasteiger partial charge is 0.416 e. The second kappa shape index (κ2) is 15.9. The van der Waals surface area contributed by atoms with Crippen LogP contribution in [0.5, 0.6) is 0 Å². The van der Waals surface area contributed by atoms with E-state index in [-0.39, 0.29) is 47.9 Å². The largest absolute Gasteiger partial charge is 0.463 e. The number of ether oxygens (including phenoxy) is 3. The SMILES string of the molecule is CCOC(=O)C1=C(C)NC(C)=C(C(=O)OCCNC(=O)C(CCSC)NC(=O)OC(C)(C)C)C1c1ccccc1C(F)(F)F. The van der Waals surface area contributed by atoms with E-state index in [9.17, 15) is 32.3 Å². The van der Waals surface area contributed by atoms with E-state index in [1.165, 1.54) is 43.8 Å². The zero-order valence-electron chi connectivity index (χ0n) is 25.9. The number of hydrogen-bond donors (Lipinski definition) is 3. The number of rotatable bonds is 12. The predicted molar refractivity (Wildman–Crippen MR) is 159 cm³/mol. The van der Waals surface area contributed by atoms with Crippen molar-refractivity contribution in [3.63, 3.8) is 0 Å². The lowest BCUT2D eigenvalue weighted by Crippen LogP contribution is -2.49. The number of amides is 2. The van der Waals surface area contributed by atoms with Crippen molar-refractivity contribution in [2.75, 3.05) is 31.8 Å². The maximum atomic E-state index is 14.1. The summed E-state index contributed by atoms with van der Waals surface area (Å²) in [7, 11) is 0. The molecule has 1 aliphatic rings. The van der Waals surface area contributed by atoms with Gasteiger partial charge >= 0.3 is 24.2 Å². The predicted octanol–water partition coefficient (Wildman–Crippen LogP) is 4.81. The summed E-state index contributed by atoms with van der Waals surface area (Å²) in [5.41, 5.74) is -2.01. The van der Waals surface area contributed by atoms with Gasteiger partial charge in [-0.05, 0) is 71.6 Å². The lowest BCUT2D eigenvalue weighted by molar-refractivity contribution is -0.142. The van der Waals surface area contributed by atoms with E-state index in [4.69, 9.17) is 14.2 Å². The molecular formula is C30H40F3N3O7S. The number of hydrogen-bond acceptors (Lipinski definition) is 9. The summed E-state index contributed by atoms with van der Waals surface area (Å²) in [6.45, 7) is 9.10. The van der Waals surface area contributed by atoms with Gasteiger partial charge < -0.3 is 30.2 Å². The van der Waals surface area contributed by atoms with Crippen LogP contribution in [-0.4, -0.2) is 67.3 Å². The Morgan fingerprint density at radius 3 is 2.14 bits per heavy atom. The molecule has 3 N–H and O–H groups in total. The number of carbonyl (C=O) groups is 4. The molecule has 14 heteroatoms. The first kappa shape index (κ1) is 36.5. The zero-order chi connectivity index (χ0) is 33.2. The molecule has 0 spiro atoms. The second-order valence-corrected chi connectivity index (χ2v) is 11.8. The van der Waals surface area contributed by atoms with Crippen LogP contribution in [0, 0.1) is 0 Å². The molecule has 1 aromatic rings. The molecule has 244 valence electrons. The van der Waals surface area contributed by atoms with Gasteiger partial charge in [-0.2, -0.15) is 24.9 Å². The Bertz CT molecular complexity index is 1290. The van der Waals surface area contributed by atoms with Crippen LogP contribution in [0.2, 0.25) is 0 Å². The van der Waals surface area contributed by atoms with Gasteiger partial charge in [-0.3, -0.25) is 4.79 Å². The van der Waals surface area contributed by atoms with E-state index in [0.717, 1.165) is 6.07 Å². The topological polar surface area (TPSA) is 132 Å². The number of thioether (sulfide) groups is 1. The first-order valence-corrected chi connectivity index (χ1v) is 15.4. The van der Waals surface area contributed by atoms with E-state index >= 15 is 0 Å². The average molecular weight is 644 g/mol. The Labute approximate surface area is 259 Å². The second-order valence-electron chi connectivity index (χ2n) is 10.8. The molecular weight excluding hydrogens is 603 g/mol. The Hall–Kier alpha value is -3.68. The van der Waals surface area contributed by atoms with Gasteiger partial charge in [0.25, 0.3) is 0 Å². The lowest BCUT2D eigenvalue weighted by Gasteiger charge is -2.31. The highest BCUT2D eigenvalue weighted by atomic mass is 32.2. The third-order valence-electron chi connectivity index (χ3n) is 6.31. The summed E-state index contributed by atoms with van der Waals surface area (Å²) >= 11 is 1.48. The molecule has 10 nitrogen and oxygen atoms in total. The van der Waals surface area contributed by atoms with Crippen LogP contribution in [0.3, 0.4) is 0 Å². The number of benzene rings is 1. The van der Waals surface area contributed by atoms with Gasteiger partial charge in [0.05, 0.1) is 35.8 Å². The molecule has 1 heterocycles. The number of carbonyl (C=O) groups excluding carboxylic acids is 4. The Balaban J connectivity index is 2.26. The van der Waals surface area contributed by atoms with Gasteiger partial charge in [-0.1, -0.05) is 18.2 Å². The van der Waals surface area contributed by atoms with Gasteiger partial charge in [-0.15, -0.1) is 0 Å². The number of halogens is 3. The third-order valence-corrected chi connectivity index (χ3v) is 6.95. The first-order valence-electron chi connectivity index (χ1n) is 14.0. The number of nitrogens with one attached hydrogen (secondary N) is 3. The van der Waals surface area contributed by atoms with Gasteiger partial charge in [0.2, 0.25) is 5.91 Å². The summed E-state index contributed by atoms with van der Waals surface area (Å²) in [6, 6.07) is 3.77. The first-order chi connectivity index (χ1) is 20.5. The van der Waals surface area contributed by atoms with Gasteiger partial charge in [0, 0.05) is 11.4 Å². The van der Waals surface area contributed by atoms with Gasteiger partial charge in [0.15, 0.2) is 0 Å². The third kappa shape index (κ3) is 10.2.